The van der Waals surface area contributed by atoms with Gasteiger partial charge in [0.15, 0.2) is 11.5 Å². The molecule has 2 fully saturated rings. The summed E-state index contributed by atoms with van der Waals surface area (Å²) in [4.78, 5) is 14.6. The van der Waals surface area contributed by atoms with Crippen LogP contribution in [0.15, 0.2) is 18.2 Å². The fraction of sp³-hybridized carbons (Fsp3) is 0.524. The number of nitrogens with zero attached hydrogens (tertiary/aromatic N) is 3. The lowest BCUT2D eigenvalue weighted by Crippen LogP contribution is -2.38. The van der Waals surface area contributed by atoms with Crippen LogP contribution >= 0.6 is 0 Å². The van der Waals surface area contributed by atoms with E-state index in [9.17, 15) is 26.7 Å². The van der Waals surface area contributed by atoms with Crippen molar-refractivity contribution in [1.82, 2.24) is 20.0 Å². The molecule has 166 valence electrons. The first-order valence-corrected chi connectivity index (χ1v) is 10.4. The maximum atomic E-state index is 14.4. The topological polar surface area (TPSA) is 50.2 Å². The molecule has 0 bridgehead atoms. The van der Waals surface area contributed by atoms with Crippen LogP contribution in [-0.4, -0.2) is 52.4 Å². The lowest BCUT2D eigenvalue weighted by Gasteiger charge is -2.17. The quantitative estimate of drug-likeness (QED) is 0.724. The van der Waals surface area contributed by atoms with Crippen molar-refractivity contribution in [2.45, 2.75) is 43.8 Å². The number of carbonyl (C=O) groups excluding carboxylic acids is 1. The molecule has 5 nitrogen and oxygen atoms in total. The molecule has 2 aliphatic carbocycles. The number of halogens is 5. The fourth-order valence-corrected chi connectivity index (χ4v) is 4.83. The van der Waals surface area contributed by atoms with Crippen molar-refractivity contribution in [3.63, 3.8) is 0 Å². The maximum Gasteiger partial charge on any atom is 0.390 e. The lowest BCUT2D eigenvalue weighted by molar-refractivity contribution is -0.137. The molecule has 1 saturated heterocycles. The van der Waals surface area contributed by atoms with Crippen molar-refractivity contribution in [1.29, 1.82) is 0 Å². The van der Waals surface area contributed by atoms with E-state index in [1.807, 2.05) is 0 Å². The summed E-state index contributed by atoms with van der Waals surface area (Å²) in [6, 6.07) is 2.99. The summed E-state index contributed by atoms with van der Waals surface area (Å²) in [6.07, 6.45) is -2.87. The zero-order chi connectivity index (χ0) is 21.9. The minimum atomic E-state index is -4.20. The van der Waals surface area contributed by atoms with Crippen molar-refractivity contribution in [3.8, 4) is 5.69 Å². The van der Waals surface area contributed by atoms with Gasteiger partial charge in [0, 0.05) is 43.2 Å². The van der Waals surface area contributed by atoms with Crippen LogP contribution in [0.2, 0.25) is 0 Å². The molecule has 1 aromatic heterocycles. The Hall–Kier alpha value is -2.49. The second-order valence-electron chi connectivity index (χ2n) is 8.65. The molecule has 2 heterocycles. The maximum absolute atomic E-state index is 14.4. The van der Waals surface area contributed by atoms with Crippen molar-refractivity contribution in [2.75, 3.05) is 19.6 Å². The lowest BCUT2D eigenvalue weighted by atomic mass is 10.1. The van der Waals surface area contributed by atoms with Gasteiger partial charge < -0.3 is 10.2 Å². The normalized spacial score (nSPS) is 24.9. The number of benzene rings is 1. The number of hydrogen-bond donors (Lipinski definition) is 1. The number of rotatable bonds is 5. The van der Waals surface area contributed by atoms with Crippen LogP contribution in [0.4, 0.5) is 22.0 Å². The molecule has 1 aliphatic heterocycles. The minimum absolute atomic E-state index is 0.0902. The van der Waals surface area contributed by atoms with Crippen molar-refractivity contribution in [3.05, 3.63) is 46.8 Å². The van der Waals surface area contributed by atoms with Crippen LogP contribution in [-0.2, 0) is 6.42 Å². The van der Waals surface area contributed by atoms with E-state index < -0.39 is 30.1 Å². The van der Waals surface area contributed by atoms with Crippen LogP contribution in [0, 0.1) is 17.6 Å². The highest BCUT2D eigenvalue weighted by atomic mass is 19.4. The van der Waals surface area contributed by atoms with Crippen LogP contribution in [0.25, 0.3) is 5.69 Å². The van der Waals surface area contributed by atoms with E-state index in [4.69, 9.17) is 0 Å². The summed E-state index contributed by atoms with van der Waals surface area (Å²) in [5.74, 6) is -1.21. The minimum Gasteiger partial charge on any atom is -0.347 e. The third kappa shape index (κ3) is 3.93. The van der Waals surface area contributed by atoms with Gasteiger partial charge in [-0.3, -0.25) is 4.79 Å². The molecule has 3 aliphatic rings. The van der Waals surface area contributed by atoms with Gasteiger partial charge in [-0.25, -0.2) is 13.5 Å². The Morgan fingerprint density at radius 1 is 1.26 bits per heavy atom. The highest BCUT2D eigenvalue weighted by Gasteiger charge is 2.50. The Balaban J connectivity index is 1.33. The van der Waals surface area contributed by atoms with Gasteiger partial charge in [-0.1, -0.05) is 0 Å². The molecule has 1 amide bonds. The average Bonchev–Trinajstić information content (AvgIpc) is 3.03. The van der Waals surface area contributed by atoms with Crippen LogP contribution in [0.1, 0.15) is 46.9 Å². The second kappa shape index (κ2) is 7.29. The molecule has 1 N–H and O–H groups in total. The van der Waals surface area contributed by atoms with Gasteiger partial charge in [0.1, 0.15) is 11.5 Å². The van der Waals surface area contributed by atoms with Gasteiger partial charge in [0.25, 0.3) is 5.91 Å². The predicted molar refractivity (Wildman–Crippen MR) is 101 cm³/mol. The zero-order valence-electron chi connectivity index (χ0n) is 16.6. The van der Waals surface area contributed by atoms with Gasteiger partial charge in [-0.15, -0.1) is 0 Å². The van der Waals surface area contributed by atoms with Gasteiger partial charge in [-0.2, -0.15) is 18.3 Å². The van der Waals surface area contributed by atoms with Crippen LogP contribution < -0.4 is 5.32 Å². The summed E-state index contributed by atoms with van der Waals surface area (Å²) >= 11 is 0. The first kappa shape index (κ1) is 20.4. The molecule has 0 spiro atoms. The van der Waals surface area contributed by atoms with E-state index in [2.05, 4.69) is 10.4 Å². The summed E-state index contributed by atoms with van der Waals surface area (Å²) < 4.78 is 66.5. The smallest absolute Gasteiger partial charge is 0.347 e. The van der Waals surface area contributed by atoms with E-state index in [0.29, 0.717) is 31.8 Å². The number of aromatic nitrogens is 2. The average molecular weight is 440 g/mol. The molecule has 3 atom stereocenters. The third-order valence-electron chi connectivity index (χ3n) is 6.44. The molecule has 1 aromatic carbocycles. The molecule has 0 unspecified atom stereocenters. The Bertz CT molecular complexity index is 1030. The van der Waals surface area contributed by atoms with Crippen molar-refractivity contribution in [2.24, 2.45) is 5.92 Å². The number of hydrogen-bond acceptors (Lipinski definition) is 3. The van der Waals surface area contributed by atoms with E-state index in [1.54, 1.807) is 4.90 Å². The second-order valence-corrected chi connectivity index (χ2v) is 8.65. The Labute approximate surface area is 175 Å². The molecular formula is C21H21F5N4O. The van der Waals surface area contributed by atoms with E-state index in [-0.39, 0.29) is 29.9 Å². The van der Waals surface area contributed by atoms with Gasteiger partial charge >= 0.3 is 6.18 Å². The number of carbonyl (C=O) groups is 1. The first-order chi connectivity index (χ1) is 14.7. The summed E-state index contributed by atoms with van der Waals surface area (Å²) in [5, 5.41) is 7.26. The highest BCUT2D eigenvalue weighted by Crippen LogP contribution is 2.57. The van der Waals surface area contributed by atoms with Gasteiger partial charge in [-0.05, 0) is 37.3 Å². The van der Waals surface area contributed by atoms with Crippen molar-refractivity contribution >= 4 is 5.91 Å². The van der Waals surface area contributed by atoms with Gasteiger partial charge in [0.05, 0.1) is 12.1 Å². The molecule has 1 saturated carbocycles. The molecule has 31 heavy (non-hydrogen) atoms. The Kier molecular flexibility index (Phi) is 4.80. The molecular weight excluding hydrogens is 419 g/mol. The largest absolute Gasteiger partial charge is 0.390 e. The molecule has 5 rings (SSSR count). The summed E-state index contributed by atoms with van der Waals surface area (Å²) in [7, 11) is 0. The van der Waals surface area contributed by atoms with Crippen molar-refractivity contribution < 1.29 is 26.7 Å². The number of fused-ring (bicyclic) bond motifs is 3. The zero-order valence-corrected chi connectivity index (χ0v) is 16.6. The fourth-order valence-electron chi connectivity index (χ4n) is 4.83. The van der Waals surface area contributed by atoms with E-state index in [0.717, 1.165) is 29.8 Å². The number of alkyl halides is 3. The van der Waals surface area contributed by atoms with Gasteiger partial charge in [0.2, 0.25) is 0 Å². The molecule has 2 aromatic rings. The summed E-state index contributed by atoms with van der Waals surface area (Å²) in [6.45, 7) is 0.744. The summed E-state index contributed by atoms with van der Waals surface area (Å²) in [5.41, 5.74) is 1.91. The third-order valence-corrected chi connectivity index (χ3v) is 6.44. The predicted octanol–water partition coefficient (Wildman–Crippen LogP) is 3.57. The van der Waals surface area contributed by atoms with Crippen LogP contribution in [0.3, 0.4) is 0 Å². The molecule has 0 radical (unpaired) electrons. The SMILES string of the molecule is O=C(N[C@@H]1CCN(CCC(F)(F)F)C1)c1nn(-c2ccc(F)cc2F)c2c1C[C@H]1C[C@@H]21. The first-order valence-electron chi connectivity index (χ1n) is 10.4. The Morgan fingerprint density at radius 2 is 2.06 bits per heavy atom. The molecule has 10 heteroatoms. The number of nitrogens with one attached hydrogen (secondary N) is 1. The Morgan fingerprint density at radius 3 is 2.81 bits per heavy atom. The highest BCUT2D eigenvalue weighted by molar-refractivity contribution is 5.94. The van der Waals surface area contributed by atoms with Crippen LogP contribution in [0.5, 0.6) is 0 Å². The van der Waals surface area contributed by atoms with E-state index >= 15 is 0 Å². The standard InChI is InChI=1S/C21H21F5N4O/c22-12-1-2-17(16(23)9-12)30-19-14-7-11(14)8-15(19)18(28-30)20(31)27-13-3-5-29(10-13)6-4-21(24,25)26/h1-2,9,11,13-14H,3-8,10H2,(H,27,31)/t11-,13-,14-/m1/s1. The number of likely N-dealkylation sites (tertiary alicyclic amines) is 1. The number of amides is 1. The van der Waals surface area contributed by atoms with E-state index in [1.165, 1.54) is 10.7 Å². The monoisotopic (exact) mass is 440 g/mol.